The summed E-state index contributed by atoms with van der Waals surface area (Å²) in [5.74, 6) is 0.428. The minimum Gasteiger partial charge on any atom is -0.398 e. The topological polar surface area (TPSA) is 43.1 Å². The molecule has 0 fully saturated rings. The van der Waals surface area contributed by atoms with E-state index in [0.29, 0.717) is 16.5 Å². The van der Waals surface area contributed by atoms with Gasteiger partial charge in [0.05, 0.1) is 27.3 Å². The van der Waals surface area contributed by atoms with Gasteiger partial charge in [0.15, 0.2) is 0 Å². The van der Waals surface area contributed by atoms with E-state index in [-0.39, 0.29) is 0 Å². The molecule has 94 valence electrons. The number of benzene rings is 2. The summed E-state index contributed by atoms with van der Waals surface area (Å²) in [6.45, 7) is 0. The highest BCUT2D eigenvalue weighted by Crippen LogP contribution is 2.22. The molecule has 0 spiro atoms. The van der Waals surface area contributed by atoms with Gasteiger partial charge >= 0.3 is 0 Å². The maximum Gasteiger partial charge on any atom is 0.0635 e. The van der Waals surface area contributed by atoms with Crippen LogP contribution in [0.4, 0.5) is 5.69 Å². The predicted molar refractivity (Wildman–Crippen MR) is 80.1 cm³/mol. The van der Waals surface area contributed by atoms with Gasteiger partial charge in [-0.05, 0) is 35.9 Å². The Morgan fingerprint density at radius 2 is 2.00 bits per heavy atom. The average molecular weight is 345 g/mol. The zero-order chi connectivity index (χ0) is 13.1. The highest BCUT2D eigenvalue weighted by atomic mass is 79.9. The van der Waals surface area contributed by atoms with E-state index in [4.69, 9.17) is 17.3 Å². The minimum absolute atomic E-state index is 0.428. The molecule has 5 heteroatoms. The molecule has 0 heterocycles. The molecule has 0 radical (unpaired) electrons. The Morgan fingerprint density at radius 1 is 1.22 bits per heavy atom. The molecule has 2 aromatic rings. The van der Waals surface area contributed by atoms with Gasteiger partial charge in [-0.15, -0.1) is 0 Å². The maximum atomic E-state index is 12.2. The first-order chi connectivity index (χ1) is 8.56. The van der Waals surface area contributed by atoms with E-state index in [1.807, 2.05) is 30.3 Å². The van der Waals surface area contributed by atoms with Crippen molar-refractivity contribution >= 4 is 44.0 Å². The third-order valence-corrected chi connectivity index (χ3v) is 4.63. The molecule has 0 aliphatic rings. The van der Waals surface area contributed by atoms with Gasteiger partial charge < -0.3 is 5.73 Å². The van der Waals surface area contributed by atoms with Crippen molar-refractivity contribution in [2.24, 2.45) is 0 Å². The molecule has 0 aliphatic heterocycles. The quantitative estimate of drug-likeness (QED) is 0.855. The average Bonchev–Trinajstić information content (AvgIpc) is 2.34. The van der Waals surface area contributed by atoms with E-state index in [1.54, 1.807) is 12.1 Å². The van der Waals surface area contributed by atoms with Crippen LogP contribution >= 0.6 is 27.5 Å². The normalized spacial score (nSPS) is 12.3. The van der Waals surface area contributed by atoms with Gasteiger partial charge in [-0.25, -0.2) is 0 Å². The Balaban J connectivity index is 2.18. The zero-order valence-electron chi connectivity index (χ0n) is 9.40. The summed E-state index contributed by atoms with van der Waals surface area (Å²) in [7, 11) is -1.09. The molecule has 0 saturated carbocycles. The van der Waals surface area contributed by atoms with Gasteiger partial charge in [0.2, 0.25) is 0 Å². The van der Waals surface area contributed by atoms with E-state index < -0.39 is 10.8 Å². The van der Waals surface area contributed by atoms with Crippen LogP contribution < -0.4 is 5.73 Å². The van der Waals surface area contributed by atoms with Crippen LogP contribution in [0.5, 0.6) is 0 Å². The molecule has 0 saturated heterocycles. The Morgan fingerprint density at radius 3 is 2.67 bits per heavy atom. The van der Waals surface area contributed by atoms with Crippen LogP contribution in [0.15, 0.2) is 51.8 Å². The monoisotopic (exact) mass is 343 g/mol. The summed E-state index contributed by atoms with van der Waals surface area (Å²) in [5.41, 5.74) is 7.15. The van der Waals surface area contributed by atoms with E-state index in [9.17, 15) is 4.21 Å². The lowest BCUT2D eigenvalue weighted by Crippen LogP contribution is -1.98. The van der Waals surface area contributed by atoms with E-state index in [0.717, 1.165) is 14.9 Å². The minimum atomic E-state index is -1.09. The van der Waals surface area contributed by atoms with Gasteiger partial charge in [-0.3, -0.25) is 4.21 Å². The van der Waals surface area contributed by atoms with Gasteiger partial charge in [0.1, 0.15) is 0 Å². The fourth-order valence-corrected chi connectivity index (χ4v) is 3.33. The highest BCUT2D eigenvalue weighted by molar-refractivity contribution is 9.10. The zero-order valence-corrected chi connectivity index (χ0v) is 12.6. The summed E-state index contributed by atoms with van der Waals surface area (Å²) >= 11 is 9.21. The molecule has 0 bridgehead atoms. The highest BCUT2D eigenvalue weighted by Gasteiger charge is 2.07. The molecule has 0 aromatic heterocycles. The van der Waals surface area contributed by atoms with Crippen LogP contribution in [0.1, 0.15) is 5.56 Å². The van der Waals surface area contributed by atoms with Gasteiger partial charge in [0.25, 0.3) is 0 Å². The SMILES string of the molecule is Nc1cc(CS(=O)c2cccc(Br)c2)ccc1Cl. The second-order valence-corrected chi connectivity index (χ2v) is 6.58. The third kappa shape index (κ3) is 3.34. The number of hydrogen-bond acceptors (Lipinski definition) is 2. The van der Waals surface area contributed by atoms with Crippen molar-refractivity contribution in [2.45, 2.75) is 10.6 Å². The molecule has 2 aromatic carbocycles. The van der Waals surface area contributed by atoms with Crippen molar-refractivity contribution in [1.82, 2.24) is 0 Å². The van der Waals surface area contributed by atoms with E-state index >= 15 is 0 Å². The molecule has 1 atom stereocenters. The summed E-state index contributed by atoms with van der Waals surface area (Å²) in [6, 6.07) is 12.8. The van der Waals surface area contributed by atoms with Crippen molar-refractivity contribution in [1.29, 1.82) is 0 Å². The molecule has 0 aliphatic carbocycles. The molecule has 2 rings (SSSR count). The van der Waals surface area contributed by atoms with E-state index in [1.165, 1.54) is 0 Å². The standard InChI is InChI=1S/C13H11BrClNOS/c14-10-2-1-3-11(7-10)18(17)8-9-4-5-12(15)13(16)6-9/h1-7H,8,16H2. The fourth-order valence-electron chi connectivity index (χ4n) is 1.53. The van der Waals surface area contributed by atoms with Gasteiger partial charge in [-0.1, -0.05) is 39.7 Å². The molecule has 1 unspecified atom stereocenters. The molecular formula is C13H11BrClNOS. The third-order valence-electron chi connectivity index (χ3n) is 2.42. The van der Waals surface area contributed by atoms with Crippen molar-refractivity contribution in [3.05, 3.63) is 57.5 Å². The van der Waals surface area contributed by atoms with Crippen LogP contribution in [0.3, 0.4) is 0 Å². The molecule has 0 amide bonds. The number of anilines is 1. The molecular weight excluding hydrogens is 334 g/mol. The Hall–Kier alpha value is -0.840. The Kier molecular flexibility index (Phi) is 4.43. The fraction of sp³-hybridized carbons (Fsp3) is 0.0769. The van der Waals surface area contributed by atoms with Crippen molar-refractivity contribution in [2.75, 3.05) is 5.73 Å². The number of nitrogens with two attached hydrogens (primary N) is 1. The molecule has 18 heavy (non-hydrogen) atoms. The predicted octanol–water partition coefficient (Wildman–Crippen LogP) is 3.99. The first kappa shape index (κ1) is 13.6. The number of halogens is 2. The largest absolute Gasteiger partial charge is 0.398 e. The lowest BCUT2D eigenvalue weighted by molar-refractivity contribution is 0.682. The Bertz CT molecular complexity index is 603. The van der Waals surface area contributed by atoms with Crippen LogP contribution in [0.2, 0.25) is 5.02 Å². The second-order valence-electron chi connectivity index (χ2n) is 3.80. The molecule has 2 nitrogen and oxygen atoms in total. The van der Waals surface area contributed by atoms with Crippen LogP contribution in [-0.2, 0) is 16.6 Å². The van der Waals surface area contributed by atoms with Gasteiger partial charge in [0, 0.05) is 9.37 Å². The van der Waals surface area contributed by atoms with Crippen molar-refractivity contribution in [3.63, 3.8) is 0 Å². The number of nitrogen functional groups attached to an aromatic ring is 1. The number of hydrogen-bond donors (Lipinski definition) is 1. The first-order valence-electron chi connectivity index (χ1n) is 5.24. The summed E-state index contributed by atoms with van der Waals surface area (Å²) in [6.07, 6.45) is 0. The summed E-state index contributed by atoms with van der Waals surface area (Å²) in [4.78, 5) is 0.790. The second kappa shape index (κ2) is 5.87. The van der Waals surface area contributed by atoms with E-state index in [2.05, 4.69) is 15.9 Å². The summed E-state index contributed by atoms with van der Waals surface area (Å²) < 4.78 is 13.1. The van der Waals surface area contributed by atoms with Gasteiger partial charge in [-0.2, -0.15) is 0 Å². The summed E-state index contributed by atoms with van der Waals surface area (Å²) in [5, 5.41) is 0.520. The molecule has 2 N–H and O–H groups in total. The van der Waals surface area contributed by atoms with Crippen molar-refractivity contribution < 1.29 is 4.21 Å². The lowest BCUT2D eigenvalue weighted by Gasteiger charge is -2.05. The van der Waals surface area contributed by atoms with Crippen molar-refractivity contribution in [3.8, 4) is 0 Å². The first-order valence-corrected chi connectivity index (χ1v) is 7.73. The maximum absolute atomic E-state index is 12.2. The van der Waals surface area contributed by atoms with Crippen LogP contribution in [0.25, 0.3) is 0 Å². The number of rotatable bonds is 3. The van der Waals surface area contributed by atoms with Crippen LogP contribution in [0, 0.1) is 0 Å². The Labute approximate surface area is 122 Å². The smallest absolute Gasteiger partial charge is 0.0635 e. The lowest BCUT2D eigenvalue weighted by atomic mass is 10.2. The van der Waals surface area contributed by atoms with Crippen LogP contribution in [-0.4, -0.2) is 4.21 Å².